The Bertz CT molecular complexity index is 241. The number of benzene rings is 1. The molecule has 87 valence electrons. The highest BCUT2D eigenvalue weighted by Gasteiger charge is 2.09. The lowest BCUT2D eigenvalue weighted by atomic mass is 10.2. The lowest BCUT2D eigenvalue weighted by molar-refractivity contribution is -0.140. The van der Waals surface area contributed by atoms with Gasteiger partial charge < -0.3 is 9.47 Å². The summed E-state index contributed by atoms with van der Waals surface area (Å²) in [4.78, 5) is 0. The van der Waals surface area contributed by atoms with E-state index in [0.717, 1.165) is 5.56 Å². The normalized spacial score (nSPS) is 9.31. The Balaban J connectivity index is 0.000000673. The fourth-order valence-electron chi connectivity index (χ4n) is 1.10. The molecular weight excluding hydrogens is 348 g/mol. The van der Waals surface area contributed by atoms with Gasteiger partial charge in [0.15, 0.2) is 6.29 Å². The van der Waals surface area contributed by atoms with E-state index in [0.29, 0.717) is 13.2 Å². The summed E-state index contributed by atoms with van der Waals surface area (Å²) in [5.74, 6) is 0. The predicted molar refractivity (Wildman–Crippen MR) is 74.9 cm³/mol. The largest absolute Gasteiger partial charge is 0.560 e. The molecule has 1 rings (SSSR count). The molecule has 0 fully saturated rings. The zero-order valence-corrected chi connectivity index (χ0v) is 14.2. The van der Waals surface area contributed by atoms with E-state index in [4.69, 9.17) is 9.47 Å². The highest BCUT2D eigenvalue weighted by atomic mass is 79.9. The molecule has 0 N–H and O–H groups in total. The summed E-state index contributed by atoms with van der Waals surface area (Å²) in [7, 11) is 0. The second-order valence-corrected chi connectivity index (χ2v) is 10.8. The van der Waals surface area contributed by atoms with Crippen LogP contribution in [0.3, 0.4) is 0 Å². The monoisotopic (exact) mass is 361 g/mol. The molecule has 0 aliphatic heterocycles. The van der Waals surface area contributed by atoms with E-state index in [1.807, 2.05) is 38.1 Å². The van der Waals surface area contributed by atoms with E-state index in [9.17, 15) is 0 Å². The van der Waals surface area contributed by atoms with Crippen molar-refractivity contribution in [3.63, 3.8) is 0 Å². The van der Waals surface area contributed by atoms with Crippen LogP contribution in [0.2, 0.25) is 0 Å². The van der Waals surface area contributed by atoms with Crippen LogP contribution in [-0.4, -0.2) is 29.2 Å². The third kappa shape index (κ3) is 8.03. The average Bonchev–Trinajstić information content (AvgIpc) is 2.31. The Labute approximate surface area is 120 Å². The lowest BCUT2D eigenvalue weighted by Crippen LogP contribution is -2.08. The van der Waals surface area contributed by atoms with Crippen LogP contribution >= 0.6 is 25.8 Å². The van der Waals surface area contributed by atoms with Crippen LogP contribution < -0.4 is 0 Å². The standard InChI is InChI=1S/C11H15O2.2BrH.Mg/c1-3-12-11(13-4-2)10-8-6-5-7-9-10;;;/h5-6,8-9,11H,3-4H2,1-2H3;2*1H;/q;;;+2/p-2. The van der Waals surface area contributed by atoms with Crippen LogP contribution in [0.15, 0.2) is 24.3 Å². The maximum atomic E-state index is 5.43. The van der Waals surface area contributed by atoms with Crippen molar-refractivity contribution >= 4 is 41.8 Å². The molecule has 0 aromatic heterocycles. The molecule has 0 spiro atoms. The minimum absolute atomic E-state index is 0.0417. The molecule has 1 aromatic carbocycles. The Morgan fingerprint density at radius 1 is 1.31 bits per heavy atom. The highest BCUT2D eigenvalue weighted by Crippen LogP contribution is 2.17. The molecule has 0 atom stereocenters. The zero-order chi connectivity index (χ0) is 12.2. The molecule has 0 amide bonds. The topological polar surface area (TPSA) is 18.5 Å². The van der Waals surface area contributed by atoms with Gasteiger partial charge in [-0.2, -0.15) is 0 Å². The van der Waals surface area contributed by atoms with Crippen LogP contribution in [-0.2, 0) is 9.47 Å². The van der Waals surface area contributed by atoms with E-state index < -0.39 is 0 Å². The van der Waals surface area contributed by atoms with E-state index in [1.54, 1.807) is 0 Å². The summed E-state index contributed by atoms with van der Waals surface area (Å²) in [6, 6.07) is 10.7. The van der Waals surface area contributed by atoms with Crippen molar-refractivity contribution < 1.29 is 9.47 Å². The molecule has 0 unspecified atom stereocenters. The predicted octanol–water partition coefficient (Wildman–Crippen LogP) is 3.87. The van der Waals surface area contributed by atoms with E-state index >= 15 is 0 Å². The first kappa shape index (κ1) is 16.9. The second-order valence-electron chi connectivity index (χ2n) is 2.68. The lowest BCUT2D eigenvalue weighted by Gasteiger charge is -2.16. The second kappa shape index (κ2) is 12.3. The van der Waals surface area contributed by atoms with Gasteiger partial charge in [-0.1, -0.05) is 18.2 Å². The molecule has 0 aliphatic rings. The number of hydrogen-bond donors (Lipinski definition) is 0. The van der Waals surface area contributed by atoms with Crippen molar-refractivity contribution in [3.05, 3.63) is 35.9 Å². The summed E-state index contributed by atoms with van der Waals surface area (Å²) in [6.45, 7) is 5.22. The third-order valence-corrected chi connectivity index (χ3v) is 1.64. The molecule has 0 heterocycles. The summed E-state index contributed by atoms with van der Waals surface area (Å²) in [5.41, 5.74) is 1.02. The fraction of sp³-hybridized carbons (Fsp3) is 0.455. The highest BCUT2D eigenvalue weighted by molar-refractivity contribution is 9.47. The van der Waals surface area contributed by atoms with Gasteiger partial charge in [-0.25, -0.2) is 0 Å². The summed E-state index contributed by atoms with van der Waals surface area (Å²) >= 11 is 6.44. The Morgan fingerprint density at radius 2 is 1.88 bits per heavy atom. The number of hydrogen-bond acceptors (Lipinski definition) is 2. The van der Waals surface area contributed by atoms with Crippen molar-refractivity contribution in [3.8, 4) is 0 Å². The first-order valence-corrected chi connectivity index (χ1v) is 12.9. The molecular formula is C11H15Br2MgO2. The maximum Gasteiger partial charge on any atom is 0.560 e. The van der Waals surface area contributed by atoms with Gasteiger partial charge in [-0.15, -0.1) is 0 Å². The van der Waals surface area contributed by atoms with Crippen LogP contribution in [0.1, 0.15) is 25.7 Å². The fourth-order valence-corrected chi connectivity index (χ4v) is 1.10. The van der Waals surface area contributed by atoms with Crippen LogP contribution in [0, 0.1) is 6.07 Å². The van der Waals surface area contributed by atoms with Crippen molar-refractivity contribution in [1.82, 2.24) is 0 Å². The number of ether oxygens (including phenoxy) is 2. The van der Waals surface area contributed by atoms with Gasteiger partial charge in [0.1, 0.15) is 0 Å². The van der Waals surface area contributed by atoms with E-state index in [-0.39, 0.29) is 22.3 Å². The number of rotatable bonds is 5. The van der Waals surface area contributed by atoms with Gasteiger partial charge >= 0.3 is 16.0 Å². The van der Waals surface area contributed by atoms with Crippen molar-refractivity contribution in [2.24, 2.45) is 0 Å². The maximum absolute atomic E-state index is 5.43. The summed E-state index contributed by atoms with van der Waals surface area (Å²) < 4.78 is 10.9. The molecule has 0 bridgehead atoms. The van der Waals surface area contributed by atoms with Gasteiger partial charge in [0.25, 0.3) is 0 Å². The Hall–Kier alpha value is 0.866. The third-order valence-electron chi connectivity index (χ3n) is 1.64. The smallest absolute Gasteiger partial charge is 0.349 e. The van der Waals surface area contributed by atoms with Gasteiger partial charge in [0.2, 0.25) is 0 Å². The number of halogens is 2. The van der Waals surface area contributed by atoms with Crippen LogP contribution in [0.4, 0.5) is 0 Å². The van der Waals surface area contributed by atoms with Crippen molar-refractivity contribution in [1.29, 1.82) is 0 Å². The molecule has 2 nitrogen and oxygen atoms in total. The molecule has 16 heavy (non-hydrogen) atoms. The van der Waals surface area contributed by atoms with Gasteiger partial charge in [0, 0.05) is 18.8 Å². The quantitative estimate of drug-likeness (QED) is 0.584. The van der Waals surface area contributed by atoms with Crippen molar-refractivity contribution in [2.75, 3.05) is 13.2 Å². The molecule has 1 aromatic rings. The van der Waals surface area contributed by atoms with Crippen LogP contribution in [0.25, 0.3) is 0 Å². The molecule has 5 heteroatoms. The molecule has 0 saturated heterocycles. The Morgan fingerprint density at radius 3 is 2.25 bits per heavy atom. The minimum atomic E-state index is -0.243. The Kier molecular flexibility index (Phi) is 13.0. The first-order chi connectivity index (χ1) is 7.79. The van der Waals surface area contributed by atoms with Crippen molar-refractivity contribution in [2.45, 2.75) is 20.1 Å². The van der Waals surface area contributed by atoms with E-state index in [2.05, 4.69) is 31.8 Å². The van der Waals surface area contributed by atoms with Gasteiger partial charge in [-0.05, 0) is 26.0 Å². The van der Waals surface area contributed by atoms with Crippen LogP contribution in [0.5, 0.6) is 0 Å². The van der Waals surface area contributed by atoms with E-state index in [1.165, 1.54) is 0 Å². The average molecular weight is 363 g/mol. The summed E-state index contributed by atoms with van der Waals surface area (Å²) in [6.07, 6.45) is -0.243. The van der Waals surface area contributed by atoms with Gasteiger partial charge in [0.05, 0.1) is 0 Å². The zero-order valence-electron chi connectivity index (χ0n) is 9.58. The molecule has 0 aliphatic carbocycles. The molecule has 1 radical (unpaired) electrons. The first-order valence-electron chi connectivity index (χ1n) is 5.11. The SMILES string of the molecule is CCOC(OCC)c1c[c]ccc1.[Br][Mg][Br]. The summed E-state index contributed by atoms with van der Waals surface area (Å²) in [5, 5.41) is 0. The minimum Gasteiger partial charge on any atom is -0.349 e. The molecule has 0 saturated carbocycles. The van der Waals surface area contributed by atoms with Gasteiger partial charge in [-0.3, -0.25) is 25.8 Å².